The van der Waals surface area contributed by atoms with Crippen LogP contribution in [-0.2, 0) is 0 Å². The summed E-state index contributed by atoms with van der Waals surface area (Å²) < 4.78 is 10.3. The molecule has 0 saturated carbocycles. The topological polar surface area (TPSA) is 120 Å². The predicted octanol–water partition coefficient (Wildman–Crippen LogP) is 3.90. The predicted molar refractivity (Wildman–Crippen MR) is 94.2 cm³/mol. The zero-order chi connectivity index (χ0) is 18.5. The van der Waals surface area contributed by atoms with Crippen LogP contribution in [0.15, 0.2) is 59.1 Å². The molecule has 2 amide bonds. The van der Waals surface area contributed by atoms with E-state index in [0.29, 0.717) is 5.76 Å². The average molecular weight is 354 g/mol. The van der Waals surface area contributed by atoms with Crippen molar-refractivity contribution in [2.75, 3.05) is 17.7 Å². The minimum atomic E-state index is -0.593. The summed E-state index contributed by atoms with van der Waals surface area (Å²) in [7, 11) is 1.35. The van der Waals surface area contributed by atoms with Crippen molar-refractivity contribution in [3.63, 3.8) is 0 Å². The number of hydrogen-bond donors (Lipinski definition) is 2. The van der Waals surface area contributed by atoms with Crippen LogP contribution in [0.4, 0.5) is 22.0 Å². The van der Waals surface area contributed by atoms with Crippen molar-refractivity contribution >= 4 is 23.2 Å². The molecule has 9 nitrogen and oxygen atoms in total. The van der Waals surface area contributed by atoms with E-state index in [-0.39, 0.29) is 22.9 Å². The van der Waals surface area contributed by atoms with Crippen molar-refractivity contribution in [3.8, 4) is 17.1 Å². The summed E-state index contributed by atoms with van der Waals surface area (Å²) >= 11 is 0. The molecule has 0 aliphatic rings. The Morgan fingerprint density at radius 2 is 1.92 bits per heavy atom. The lowest BCUT2D eigenvalue weighted by molar-refractivity contribution is -0.384. The van der Waals surface area contributed by atoms with Crippen LogP contribution in [0.25, 0.3) is 11.3 Å². The minimum absolute atomic E-state index is 0.142. The van der Waals surface area contributed by atoms with Crippen molar-refractivity contribution in [1.29, 1.82) is 0 Å². The number of amides is 2. The smallest absolute Gasteiger partial charge is 0.325 e. The molecular weight excluding hydrogens is 340 g/mol. The first-order valence-electron chi connectivity index (χ1n) is 7.49. The molecule has 0 fully saturated rings. The molecule has 0 bridgehead atoms. The monoisotopic (exact) mass is 354 g/mol. The molecule has 132 valence electrons. The maximum atomic E-state index is 12.1. The van der Waals surface area contributed by atoms with Gasteiger partial charge in [-0.15, -0.1) is 0 Å². The number of non-ortho nitro benzene ring substituents is 1. The van der Waals surface area contributed by atoms with E-state index < -0.39 is 11.0 Å². The maximum Gasteiger partial charge on any atom is 0.325 e. The first-order valence-corrected chi connectivity index (χ1v) is 7.49. The molecule has 0 unspecified atom stereocenters. The van der Waals surface area contributed by atoms with Gasteiger partial charge < -0.3 is 14.6 Å². The van der Waals surface area contributed by atoms with E-state index in [9.17, 15) is 14.9 Å². The Morgan fingerprint density at radius 1 is 1.15 bits per heavy atom. The number of benzene rings is 2. The van der Waals surface area contributed by atoms with Crippen LogP contribution in [0, 0.1) is 10.1 Å². The minimum Gasteiger partial charge on any atom is -0.494 e. The van der Waals surface area contributed by atoms with Crippen LogP contribution in [0.3, 0.4) is 0 Å². The number of aromatic nitrogens is 1. The third-order valence-corrected chi connectivity index (χ3v) is 3.45. The number of nitro benzene ring substituents is 1. The van der Waals surface area contributed by atoms with Crippen LogP contribution in [0.1, 0.15) is 0 Å². The van der Waals surface area contributed by atoms with Gasteiger partial charge in [0.2, 0.25) is 0 Å². The number of nitrogens with zero attached hydrogens (tertiary/aromatic N) is 2. The second-order valence-corrected chi connectivity index (χ2v) is 5.16. The standard InChI is InChI=1S/C17H14N4O5/c1-25-15-9-12(21(23)24)7-8-13(15)18-17(22)19-16-10-14(26-20-16)11-5-3-2-4-6-11/h2-10H,1H3,(H2,18,19,20,22). The highest BCUT2D eigenvalue weighted by Gasteiger charge is 2.14. The average Bonchev–Trinajstić information content (AvgIpc) is 3.11. The van der Waals surface area contributed by atoms with Gasteiger partial charge in [-0.1, -0.05) is 35.5 Å². The fourth-order valence-corrected chi connectivity index (χ4v) is 2.24. The summed E-state index contributed by atoms with van der Waals surface area (Å²) in [5.74, 6) is 0.899. The van der Waals surface area contributed by atoms with E-state index in [0.717, 1.165) is 5.56 Å². The molecule has 3 aromatic rings. The second kappa shape index (κ2) is 7.34. The summed E-state index contributed by atoms with van der Waals surface area (Å²) in [6.45, 7) is 0. The Labute approximate surface area is 147 Å². The van der Waals surface area contributed by atoms with Gasteiger partial charge in [-0.05, 0) is 6.07 Å². The normalized spacial score (nSPS) is 10.2. The van der Waals surface area contributed by atoms with Crippen LogP contribution in [0.5, 0.6) is 5.75 Å². The lowest BCUT2D eigenvalue weighted by Crippen LogP contribution is -2.20. The highest BCUT2D eigenvalue weighted by molar-refractivity contribution is 6.00. The fourth-order valence-electron chi connectivity index (χ4n) is 2.24. The summed E-state index contributed by atoms with van der Waals surface area (Å²) in [6, 6.07) is 14.2. The number of methoxy groups -OCH3 is 1. The Bertz CT molecular complexity index is 939. The SMILES string of the molecule is COc1cc([N+](=O)[O-])ccc1NC(=O)Nc1cc(-c2ccccc2)on1. The van der Waals surface area contributed by atoms with Gasteiger partial charge in [0, 0.05) is 17.7 Å². The van der Waals surface area contributed by atoms with Crippen molar-refractivity contribution < 1.29 is 19.0 Å². The van der Waals surface area contributed by atoms with Gasteiger partial charge in [0.15, 0.2) is 11.6 Å². The number of rotatable bonds is 5. The lowest BCUT2D eigenvalue weighted by atomic mass is 10.2. The van der Waals surface area contributed by atoms with E-state index in [1.165, 1.54) is 25.3 Å². The quantitative estimate of drug-likeness (QED) is 0.529. The molecule has 0 aliphatic heterocycles. The van der Waals surface area contributed by atoms with Gasteiger partial charge in [-0.25, -0.2) is 4.79 Å². The number of nitro groups is 1. The Morgan fingerprint density at radius 3 is 2.62 bits per heavy atom. The summed E-state index contributed by atoms with van der Waals surface area (Å²) in [6.07, 6.45) is 0. The fraction of sp³-hybridized carbons (Fsp3) is 0.0588. The van der Waals surface area contributed by atoms with Gasteiger partial charge in [0.05, 0.1) is 23.8 Å². The third-order valence-electron chi connectivity index (χ3n) is 3.45. The van der Waals surface area contributed by atoms with Crippen LogP contribution in [0.2, 0.25) is 0 Å². The molecule has 1 aromatic heterocycles. The van der Waals surface area contributed by atoms with Crippen LogP contribution >= 0.6 is 0 Å². The first-order chi connectivity index (χ1) is 12.6. The zero-order valence-corrected chi connectivity index (χ0v) is 13.6. The van der Waals surface area contributed by atoms with Gasteiger partial charge >= 0.3 is 6.03 Å². The summed E-state index contributed by atoms with van der Waals surface area (Å²) in [5, 5.41) is 19.7. The molecule has 1 heterocycles. The van der Waals surface area contributed by atoms with E-state index >= 15 is 0 Å². The second-order valence-electron chi connectivity index (χ2n) is 5.16. The molecule has 0 radical (unpaired) electrons. The molecule has 0 atom stereocenters. The van der Waals surface area contributed by atoms with Crippen LogP contribution in [-0.4, -0.2) is 23.2 Å². The highest BCUT2D eigenvalue weighted by atomic mass is 16.6. The third kappa shape index (κ3) is 3.78. The van der Waals surface area contributed by atoms with E-state index in [4.69, 9.17) is 9.26 Å². The highest BCUT2D eigenvalue weighted by Crippen LogP contribution is 2.29. The number of hydrogen-bond acceptors (Lipinski definition) is 6. The van der Waals surface area contributed by atoms with Gasteiger partial charge in [0.1, 0.15) is 5.75 Å². The molecule has 2 N–H and O–H groups in total. The van der Waals surface area contributed by atoms with Gasteiger partial charge in [0.25, 0.3) is 5.69 Å². The largest absolute Gasteiger partial charge is 0.494 e. The number of anilines is 2. The van der Waals surface area contributed by atoms with Crippen molar-refractivity contribution in [3.05, 3.63) is 64.7 Å². The first kappa shape index (κ1) is 17.0. The summed E-state index contributed by atoms with van der Waals surface area (Å²) in [4.78, 5) is 22.4. The molecule has 26 heavy (non-hydrogen) atoms. The number of nitrogens with one attached hydrogen (secondary N) is 2. The van der Waals surface area contributed by atoms with Gasteiger partial charge in [-0.2, -0.15) is 0 Å². The maximum absolute atomic E-state index is 12.1. The van der Waals surface area contributed by atoms with Crippen molar-refractivity contribution in [2.45, 2.75) is 0 Å². The van der Waals surface area contributed by atoms with Gasteiger partial charge in [-0.3, -0.25) is 15.4 Å². The zero-order valence-electron chi connectivity index (χ0n) is 13.6. The summed E-state index contributed by atoms with van der Waals surface area (Å²) in [5.41, 5.74) is 0.963. The van der Waals surface area contributed by atoms with Crippen molar-refractivity contribution in [2.24, 2.45) is 0 Å². The molecule has 2 aromatic carbocycles. The number of carbonyl (C=O) groups is 1. The molecule has 9 heteroatoms. The molecule has 0 aliphatic carbocycles. The lowest BCUT2D eigenvalue weighted by Gasteiger charge is -2.09. The Hall–Kier alpha value is -3.88. The molecular formula is C17H14N4O5. The van der Waals surface area contributed by atoms with Crippen molar-refractivity contribution in [1.82, 2.24) is 5.16 Å². The number of urea groups is 1. The van der Waals surface area contributed by atoms with Crippen LogP contribution < -0.4 is 15.4 Å². The molecule has 0 saturated heterocycles. The molecule has 0 spiro atoms. The number of ether oxygens (including phenoxy) is 1. The molecule has 3 rings (SSSR count). The van der Waals surface area contributed by atoms with E-state index in [1.807, 2.05) is 30.3 Å². The Kier molecular flexibility index (Phi) is 4.79. The number of carbonyl (C=O) groups excluding carboxylic acids is 1. The Balaban J connectivity index is 1.70. The van der Waals surface area contributed by atoms with E-state index in [2.05, 4.69) is 15.8 Å². The van der Waals surface area contributed by atoms with E-state index in [1.54, 1.807) is 6.07 Å².